The molecule has 2 amide bonds. The molecule has 0 aromatic heterocycles. The van der Waals surface area contributed by atoms with Gasteiger partial charge < -0.3 is 9.47 Å². The molecule has 1 atom stereocenters. The Morgan fingerprint density at radius 2 is 2.27 bits per heavy atom. The first kappa shape index (κ1) is 17.3. The number of hydrogen-bond acceptors (Lipinski definition) is 5. The van der Waals surface area contributed by atoms with Crippen LogP contribution in [0.2, 0.25) is 5.02 Å². The maximum absolute atomic E-state index is 12.9. The molecule has 1 saturated heterocycles. The molecule has 3 heterocycles. The second-order valence-electron chi connectivity index (χ2n) is 6.56. The van der Waals surface area contributed by atoms with Gasteiger partial charge in [-0.1, -0.05) is 11.6 Å². The summed E-state index contributed by atoms with van der Waals surface area (Å²) in [6.07, 6.45) is 2.63. The Kier molecular flexibility index (Phi) is 4.82. The summed E-state index contributed by atoms with van der Waals surface area (Å²) in [6, 6.07) is 5.02. The first-order chi connectivity index (χ1) is 12.6. The molecule has 0 saturated carbocycles. The van der Waals surface area contributed by atoms with E-state index in [0.717, 1.165) is 24.8 Å². The Morgan fingerprint density at radius 3 is 3.08 bits per heavy atom. The van der Waals surface area contributed by atoms with Crippen molar-refractivity contribution in [1.29, 1.82) is 0 Å². The monoisotopic (exact) mass is 377 g/mol. The second kappa shape index (κ2) is 7.25. The fraction of sp³-hybridized carbons (Fsp3) is 0.500. The summed E-state index contributed by atoms with van der Waals surface area (Å²) < 4.78 is 10.8. The SMILES string of the molecule is O=C(CN1C(=O)N2CCCN=C2c2ccc(Cl)cc21)OC[C@H]1CCCO1. The van der Waals surface area contributed by atoms with Gasteiger partial charge in [0.1, 0.15) is 19.0 Å². The lowest BCUT2D eigenvalue weighted by Gasteiger charge is -2.39. The maximum atomic E-state index is 12.9. The van der Waals surface area contributed by atoms with Gasteiger partial charge in [-0.3, -0.25) is 19.6 Å². The summed E-state index contributed by atoms with van der Waals surface area (Å²) >= 11 is 6.12. The van der Waals surface area contributed by atoms with Gasteiger partial charge in [0.05, 0.1) is 11.8 Å². The molecule has 0 N–H and O–H groups in total. The number of benzene rings is 1. The number of halogens is 1. The lowest BCUT2D eigenvalue weighted by Crippen LogP contribution is -2.54. The van der Waals surface area contributed by atoms with Crippen LogP contribution in [0.5, 0.6) is 0 Å². The third-order valence-electron chi connectivity index (χ3n) is 4.75. The van der Waals surface area contributed by atoms with E-state index in [-0.39, 0.29) is 25.3 Å². The molecule has 3 aliphatic rings. The van der Waals surface area contributed by atoms with E-state index in [1.165, 1.54) is 4.90 Å². The van der Waals surface area contributed by atoms with Gasteiger partial charge in [-0.05, 0) is 37.5 Å². The number of hydrogen-bond donors (Lipinski definition) is 0. The highest BCUT2D eigenvalue weighted by atomic mass is 35.5. The minimum absolute atomic E-state index is 0.0430. The van der Waals surface area contributed by atoms with Crippen molar-refractivity contribution in [2.45, 2.75) is 25.4 Å². The maximum Gasteiger partial charge on any atom is 0.330 e. The molecule has 138 valence electrons. The standard InChI is InChI=1S/C18H20ClN3O4/c19-12-4-5-14-15(9-12)22(18(24)21-7-2-6-20-17(14)21)10-16(23)26-11-13-3-1-8-25-13/h4-5,9,13H,1-3,6-8,10-11H2/t13-/m1/s1. The van der Waals surface area contributed by atoms with Crippen molar-refractivity contribution in [3.05, 3.63) is 28.8 Å². The van der Waals surface area contributed by atoms with Crippen LogP contribution in [0.3, 0.4) is 0 Å². The average Bonchev–Trinajstić information content (AvgIpc) is 3.17. The van der Waals surface area contributed by atoms with E-state index in [1.807, 2.05) is 6.07 Å². The van der Waals surface area contributed by atoms with Crippen LogP contribution in [0.1, 0.15) is 24.8 Å². The van der Waals surface area contributed by atoms with Crippen molar-refractivity contribution in [1.82, 2.24) is 4.90 Å². The molecule has 0 aliphatic carbocycles. The largest absolute Gasteiger partial charge is 0.462 e. The van der Waals surface area contributed by atoms with Gasteiger partial charge in [0.2, 0.25) is 0 Å². The molecule has 0 radical (unpaired) electrons. The van der Waals surface area contributed by atoms with Crippen molar-refractivity contribution in [2.75, 3.05) is 37.7 Å². The van der Waals surface area contributed by atoms with Gasteiger partial charge in [0.25, 0.3) is 0 Å². The molecule has 4 rings (SSSR count). The van der Waals surface area contributed by atoms with E-state index in [0.29, 0.717) is 36.2 Å². The fourth-order valence-corrected chi connectivity index (χ4v) is 3.64. The first-order valence-corrected chi connectivity index (χ1v) is 9.22. The first-order valence-electron chi connectivity index (χ1n) is 8.84. The number of nitrogens with zero attached hydrogens (tertiary/aromatic N) is 3. The number of carbonyl (C=O) groups excluding carboxylic acids is 2. The van der Waals surface area contributed by atoms with Crippen molar-refractivity contribution in [3.63, 3.8) is 0 Å². The zero-order valence-electron chi connectivity index (χ0n) is 14.3. The van der Waals surface area contributed by atoms with E-state index < -0.39 is 5.97 Å². The molecule has 26 heavy (non-hydrogen) atoms. The Hall–Kier alpha value is -2.12. The number of urea groups is 1. The third kappa shape index (κ3) is 3.29. The smallest absolute Gasteiger partial charge is 0.330 e. The van der Waals surface area contributed by atoms with Crippen LogP contribution in [0.15, 0.2) is 23.2 Å². The number of ether oxygens (including phenoxy) is 2. The van der Waals surface area contributed by atoms with Crippen LogP contribution in [-0.2, 0) is 14.3 Å². The molecular formula is C18H20ClN3O4. The van der Waals surface area contributed by atoms with E-state index in [9.17, 15) is 9.59 Å². The Balaban J connectivity index is 1.55. The normalized spacial score (nSPS) is 22.0. The van der Waals surface area contributed by atoms with Crippen molar-refractivity contribution in [2.24, 2.45) is 4.99 Å². The Bertz CT molecular complexity index is 761. The number of fused-ring (bicyclic) bond motifs is 3. The topological polar surface area (TPSA) is 71.4 Å². The van der Waals surface area contributed by atoms with Crippen LogP contribution in [-0.4, -0.2) is 61.7 Å². The minimum atomic E-state index is -0.461. The highest BCUT2D eigenvalue weighted by Gasteiger charge is 2.37. The summed E-state index contributed by atoms with van der Waals surface area (Å²) in [5.41, 5.74) is 1.40. The lowest BCUT2D eigenvalue weighted by molar-refractivity contribution is -0.145. The van der Waals surface area contributed by atoms with Crippen LogP contribution >= 0.6 is 11.6 Å². The minimum Gasteiger partial charge on any atom is -0.462 e. The molecule has 3 aliphatic heterocycles. The second-order valence-corrected chi connectivity index (χ2v) is 7.00. The van der Waals surface area contributed by atoms with Gasteiger partial charge in [0, 0.05) is 30.3 Å². The Morgan fingerprint density at radius 1 is 1.38 bits per heavy atom. The summed E-state index contributed by atoms with van der Waals surface area (Å²) in [6.45, 7) is 2.03. The van der Waals surface area contributed by atoms with Crippen LogP contribution in [0, 0.1) is 0 Å². The van der Waals surface area contributed by atoms with Gasteiger partial charge in [-0.15, -0.1) is 0 Å². The number of aliphatic imine (C=N–C) groups is 1. The van der Waals surface area contributed by atoms with Crippen LogP contribution < -0.4 is 4.90 Å². The zero-order chi connectivity index (χ0) is 18.1. The zero-order valence-corrected chi connectivity index (χ0v) is 15.1. The third-order valence-corrected chi connectivity index (χ3v) is 4.99. The van der Waals surface area contributed by atoms with Crippen molar-refractivity contribution in [3.8, 4) is 0 Å². The highest BCUT2D eigenvalue weighted by molar-refractivity contribution is 6.31. The molecule has 0 spiro atoms. The van der Waals surface area contributed by atoms with E-state index in [4.69, 9.17) is 21.1 Å². The quantitative estimate of drug-likeness (QED) is 0.756. The van der Waals surface area contributed by atoms with Crippen LogP contribution in [0.4, 0.5) is 10.5 Å². The number of anilines is 1. The summed E-state index contributed by atoms with van der Waals surface area (Å²) in [5.74, 6) is 0.189. The number of rotatable bonds is 4. The lowest BCUT2D eigenvalue weighted by atomic mass is 10.1. The van der Waals surface area contributed by atoms with Gasteiger partial charge in [0.15, 0.2) is 0 Å². The van der Waals surface area contributed by atoms with Gasteiger partial charge in [-0.2, -0.15) is 0 Å². The predicted molar refractivity (Wildman–Crippen MR) is 96.9 cm³/mol. The molecule has 8 heteroatoms. The molecule has 0 unspecified atom stereocenters. The van der Waals surface area contributed by atoms with Crippen molar-refractivity contribution >= 4 is 35.1 Å². The van der Waals surface area contributed by atoms with Gasteiger partial charge in [-0.25, -0.2) is 4.79 Å². The molecule has 7 nitrogen and oxygen atoms in total. The number of amides is 2. The average molecular weight is 378 g/mol. The number of esters is 1. The van der Waals surface area contributed by atoms with E-state index in [1.54, 1.807) is 17.0 Å². The fourth-order valence-electron chi connectivity index (χ4n) is 3.48. The van der Waals surface area contributed by atoms with Crippen LogP contribution in [0.25, 0.3) is 0 Å². The molecule has 1 aromatic rings. The van der Waals surface area contributed by atoms with E-state index >= 15 is 0 Å². The summed E-state index contributed by atoms with van der Waals surface area (Å²) in [5, 5.41) is 0.499. The Labute approximate surface area is 156 Å². The summed E-state index contributed by atoms with van der Waals surface area (Å²) in [7, 11) is 0. The van der Waals surface area contributed by atoms with Gasteiger partial charge >= 0.3 is 12.0 Å². The van der Waals surface area contributed by atoms with Crippen molar-refractivity contribution < 1.29 is 19.1 Å². The summed E-state index contributed by atoms with van der Waals surface area (Å²) in [4.78, 5) is 32.8. The number of amidine groups is 1. The molecule has 0 bridgehead atoms. The number of carbonyl (C=O) groups is 2. The highest BCUT2D eigenvalue weighted by Crippen LogP contribution is 2.32. The molecule has 1 fully saturated rings. The molecular weight excluding hydrogens is 358 g/mol. The molecule has 1 aromatic carbocycles. The predicted octanol–water partition coefficient (Wildman–Crippen LogP) is 2.45. The van der Waals surface area contributed by atoms with E-state index in [2.05, 4.69) is 4.99 Å².